The molecule has 1 aliphatic carbocycles. The highest BCUT2D eigenvalue weighted by atomic mass is 16.5. The predicted octanol–water partition coefficient (Wildman–Crippen LogP) is 2.25. The highest BCUT2D eigenvalue weighted by molar-refractivity contribution is 4.88. The zero-order valence-electron chi connectivity index (χ0n) is 12.1. The Bertz CT molecular complexity index is 241. The average molecular weight is 254 g/mol. The van der Waals surface area contributed by atoms with Gasteiger partial charge in [0.2, 0.25) is 0 Å². The lowest BCUT2D eigenvalue weighted by molar-refractivity contribution is 0.0278. The molecule has 1 aliphatic heterocycles. The van der Waals surface area contributed by atoms with Gasteiger partial charge in [0.1, 0.15) is 0 Å². The third-order valence-corrected chi connectivity index (χ3v) is 4.92. The number of likely N-dealkylation sites (N-methyl/N-ethyl adjacent to an activating group) is 1. The summed E-state index contributed by atoms with van der Waals surface area (Å²) in [6.45, 7) is 5.38. The molecule has 0 amide bonds. The SMILES string of the molecule is CCC1CCC(N)C(N(C)CC2CCCOC2)C1. The predicted molar refractivity (Wildman–Crippen MR) is 75.6 cm³/mol. The lowest BCUT2D eigenvalue weighted by atomic mass is 9.80. The molecule has 2 N–H and O–H groups in total. The third-order valence-electron chi connectivity index (χ3n) is 4.92. The summed E-state index contributed by atoms with van der Waals surface area (Å²) < 4.78 is 5.58. The summed E-state index contributed by atoms with van der Waals surface area (Å²) in [6.07, 6.45) is 7.69. The molecular weight excluding hydrogens is 224 g/mol. The minimum Gasteiger partial charge on any atom is -0.381 e. The van der Waals surface area contributed by atoms with Crippen molar-refractivity contribution in [3.05, 3.63) is 0 Å². The summed E-state index contributed by atoms with van der Waals surface area (Å²) in [5.74, 6) is 1.61. The van der Waals surface area contributed by atoms with Crippen LogP contribution in [0.2, 0.25) is 0 Å². The van der Waals surface area contributed by atoms with Crippen molar-refractivity contribution in [2.75, 3.05) is 26.8 Å². The topological polar surface area (TPSA) is 38.5 Å². The Morgan fingerprint density at radius 2 is 2.06 bits per heavy atom. The summed E-state index contributed by atoms with van der Waals surface area (Å²) in [7, 11) is 2.26. The van der Waals surface area contributed by atoms with Crippen molar-refractivity contribution in [3.63, 3.8) is 0 Å². The Hall–Kier alpha value is -0.120. The van der Waals surface area contributed by atoms with E-state index in [0.29, 0.717) is 12.1 Å². The normalized spacial score (nSPS) is 38.0. The van der Waals surface area contributed by atoms with Gasteiger partial charge in [0.25, 0.3) is 0 Å². The zero-order chi connectivity index (χ0) is 13.0. The van der Waals surface area contributed by atoms with Crippen molar-refractivity contribution in [2.24, 2.45) is 17.6 Å². The molecule has 0 radical (unpaired) electrons. The maximum absolute atomic E-state index is 6.33. The molecule has 2 rings (SSSR count). The highest BCUT2D eigenvalue weighted by Gasteiger charge is 2.31. The van der Waals surface area contributed by atoms with E-state index in [1.165, 1.54) is 38.5 Å². The van der Waals surface area contributed by atoms with E-state index in [-0.39, 0.29) is 0 Å². The number of ether oxygens (including phenoxy) is 1. The number of nitrogens with two attached hydrogens (primary N) is 1. The van der Waals surface area contributed by atoms with Gasteiger partial charge < -0.3 is 15.4 Å². The standard InChI is InChI=1S/C15H30N2O/c1-3-12-6-7-14(16)15(9-12)17(2)10-13-5-4-8-18-11-13/h12-15H,3-11,16H2,1-2H3. The summed E-state index contributed by atoms with van der Waals surface area (Å²) >= 11 is 0. The maximum Gasteiger partial charge on any atom is 0.0506 e. The molecule has 0 aromatic carbocycles. The van der Waals surface area contributed by atoms with Crippen molar-refractivity contribution in [3.8, 4) is 0 Å². The van der Waals surface area contributed by atoms with Crippen molar-refractivity contribution in [2.45, 2.75) is 57.5 Å². The highest BCUT2D eigenvalue weighted by Crippen LogP contribution is 2.29. The van der Waals surface area contributed by atoms with Crippen LogP contribution in [-0.2, 0) is 4.74 Å². The van der Waals surface area contributed by atoms with Crippen LogP contribution in [0.1, 0.15) is 45.4 Å². The van der Waals surface area contributed by atoms with E-state index in [9.17, 15) is 0 Å². The van der Waals surface area contributed by atoms with Crippen LogP contribution >= 0.6 is 0 Å². The van der Waals surface area contributed by atoms with E-state index in [2.05, 4.69) is 18.9 Å². The zero-order valence-corrected chi connectivity index (χ0v) is 12.1. The van der Waals surface area contributed by atoms with Gasteiger partial charge in [-0.05, 0) is 51.0 Å². The summed E-state index contributed by atoms with van der Waals surface area (Å²) in [6, 6.07) is 0.966. The quantitative estimate of drug-likeness (QED) is 0.836. The van der Waals surface area contributed by atoms with Gasteiger partial charge in [-0.2, -0.15) is 0 Å². The molecule has 0 spiro atoms. The Kier molecular flexibility index (Phi) is 5.46. The van der Waals surface area contributed by atoms with Crippen LogP contribution in [0.25, 0.3) is 0 Å². The fraction of sp³-hybridized carbons (Fsp3) is 1.00. The lowest BCUT2D eigenvalue weighted by Gasteiger charge is -2.41. The van der Waals surface area contributed by atoms with Gasteiger partial charge in [-0.1, -0.05) is 13.3 Å². The Morgan fingerprint density at radius 1 is 1.22 bits per heavy atom. The van der Waals surface area contributed by atoms with Crippen molar-refractivity contribution >= 4 is 0 Å². The smallest absolute Gasteiger partial charge is 0.0506 e. The third kappa shape index (κ3) is 3.69. The van der Waals surface area contributed by atoms with Crippen LogP contribution in [0.3, 0.4) is 0 Å². The molecule has 3 nitrogen and oxygen atoms in total. The van der Waals surface area contributed by atoms with Crippen molar-refractivity contribution in [1.29, 1.82) is 0 Å². The van der Waals surface area contributed by atoms with Crippen molar-refractivity contribution < 1.29 is 4.74 Å². The Labute approximate surface area is 112 Å². The fourth-order valence-corrected chi connectivity index (χ4v) is 3.63. The molecule has 0 bridgehead atoms. The average Bonchev–Trinajstić information content (AvgIpc) is 2.40. The van der Waals surface area contributed by atoms with Crippen LogP contribution in [0.4, 0.5) is 0 Å². The van der Waals surface area contributed by atoms with E-state index < -0.39 is 0 Å². The van der Waals surface area contributed by atoms with Crippen LogP contribution in [-0.4, -0.2) is 43.8 Å². The molecule has 2 aliphatic rings. The summed E-state index contributed by atoms with van der Waals surface area (Å²) in [5.41, 5.74) is 6.33. The number of rotatable bonds is 4. The van der Waals surface area contributed by atoms with Gasteiger partial charge >= 0.3 is 0 Å². The van der Waals surface area contributed by atoms with Gasteiger partial charge in [-0.3, -0.25) is 0 Å². The van der Waals surface area contributed by atoms with Gasteiger partial charge in [0.15, 0.2) is 0 Å². The maximum atomic E-state index is 6.33. The molecule has 18 heavy (non-hydrogen) atoms. The van der Waals surface area contributed by atoms with Crippen LogP contribution in [0.15, 0.2) is 0 Å². The fourth-order valence-electron chi connectivity index (χ4n) is 3.63. The van der Waals surface area contributed by atoms with E-state index in [0.717, 1.165) is 31.6 Å². The van der Waals surface area contributed by atoms with Crippen LogP contribution in [0.5, 0.6) is 0 Å². The molecule has 1 saturated carbocycles. The van der Waals surface area contributed by atoms with E-state index in [1.54, 1.807) is 0 Å². The molecule has 3 heteroatoms. The molecule has 4 unspecified atom stereocenters. The lowest BCUT2D eigenvalue weighted by Crippen LogP contribution is -2.51. The van der Waals surface area contributed by atoms with Gasteiger partial charge in [-0.25, -0.2) is 0 Å². The minimum atomic E-state index is 0.377. The molecule has 106 valence electrons. The monoisotopic (exact) mass is 254 g/mol. The Balaban J connectivity index is 1.83. The number of nitrogens with zero attached hydrogens (tertiary/aromatic N) is 1. The first kappa shape index (κ1) is 14.3. The van der Waals surface area contributed by atoms with Gasteiger partial charge in [0, 0.05) is 25.2 Å². The second-order valence-corrected chi connectivity index (χ2v) is 6.34. The second kappa shape index (κ2) is 6.88. The number of hydrogen-bond acceptors (Lipinski definition) is 3. The minimum absolute atomic E-state index is 0.377. The first-order valence-electron chi connectivity index (χ1n) is 7.74. The first-order valence-corrected chi connectivity index (χ1v) is 7.74. The first-order chi connectivity index (χ1) is 8.70. The molecule has 4 atom stereocenters. The molecular formula is C15H30N2O. The van der Waals surface area contributed by atoms with Crippen LogP contribution < -0.4 is 5.73 Å². The summed E-state index contributed by atoms with van der Waals surface area (Å²) in [4.78, 5) is 2.52. The second-order valence-electron chi connectivity index (χ2n) is 6.34. The Morgan fingerprint density at radius 3 is 2.72 bits per heavy atom. The number of hydrogen-bond donors (Lipinski definition) is 1. The molecule has 0 aromatic heterocycles. The molecule has 0 aromatic rings. The molecule has 1 heterocycles. The van der Waals surface area contributed by atoms with E-state index in [4.69, 9.17) is 10.5 Å². The molecule has 1 saturated heterocycles. The van der Waals surface area contributed by atoms with Gasteiger partial charge in [-0.15, -0.1) is 0 Å². The van der Waals surface area contributed by atoms with E-state index in [1.807, 2.05) is 0 Å². The summed E-state index contributed by atoms with van der Waals surface area (Å²) in [5, 5.41) is 0. The largest absolute Gasteiger partial charge is 0.381 e. The van der Waals surface area contributed by atoms with Crippen molar-refractivity contribution in [1.82, 2.24) is 4.90 Å². The molecule has 2 fully saturated rings. The van der Waals surface area contributed by atoms with Gasteiger partial charge in [0.05, 0.1) is 6.61 Å². The van der Waals surface area contributed by atoms with E-state index >= 15 is 0 Å². The van der Waals surface area contributed by atoms with Crippen LogP contribution in [0, 0.1) is 11.8 Å².